The Hall–Kier alpha value is -2.84. The summed E-state index contributed by atoms with van der Waals surface area (Å²) >= 11 is 0. The quantitative estimate of drug-likeness (QED) is 0.615. The minimum absolute atomic E-state index is 0.0825. The number of hydrogen-bond acceptors (Lipinski definition) is 3. The summed E-state index contributed by atoms with van der Waals surface area (Å²) in [6.07, 6.45) is -3.42. The molecule has 1 aliphatic rings. The molecule has 0 radical (unpaired) electrons. The van der Waals surface area contributed by atoms with Gasteiger partial charge in [0.15, 0.2) is 11.5 Å². The SMILES string of the molecule is COc1ccc(CCNC(=O)C2CC2c2ccc(C(F)(F)F)cc2)cc1OC(F)F. The molecule has 0 aliphatic heterocycles. The van der Waals surface area contributed by atoms with Gasteiger partial charge in [0.2, 0.25) is 5.91 Å². The van der Waals surface area contributed by atoms with E-state index in [4.69, 9.17) is 4.74 Å². The topological polar surface area (TPSA) is 47.6 Å². The van der Waals surface area contributed by atoms with Crippen molar-refractivity contribution in [2.45, 2.75) is 31.5 Å². The van der Waals surface area contributed by atoms with Crippen LogP contribution in [0.25, 0.3) is 0 Å². The highest BCUT2D eigenvalue weighted by atomic mass is 19.4. The van der Waals surface area contributed by atoms with E-state index in [0.717, 1.165) is 12.1 Å². The van der Waals surface area contributed by atoms with Gasteiger partial charge in [0, 0.05) is 12.5 Å². The zero-order chi connectivity index (χ0) is 21.9. The van der Waals surface area contributed by atoms with Crippen molar-refractivity contribution in [2.75, 3.05) is 13.7 Å². The lowest BCUT2D eigenvalue weighted by Gasteiger charge is -2.12. The number of ether oxygens (including phenoxy) is 2. The normalized spacial score (nSPS) is 18.2. The van der Waals surface area contributed by atoms with Crippen LogP contribution >= 0.6 is 0 Å². The van der Waals surface area contributed by atoms with Gasteiger partial charge in [-0.05, 0) is 54.2 Å². The van der Waals surface area contributed by atoms with Crippen LogP contribution in [0, 0.1) is 5.92 Å². The largest absolute Gasteiger partial charge is 0.493 e. The third kappa shape index (κ3) is 5.40. The van der Waals surface area contributed by atoms with Crippen molar-refractivity contribution in [3.05, 3.63) is 59.2 Å². The van der Waals surface area contributed by atoms with Crippen LogP contribution in [0.15, 0.2) is 42.5 Å². The predicted molar refractivity (Wildman–Crippen MR) is 98.6 cm³/mol. The lowest BCUT2D eigenvalue weighted by Crippen LogP contribution is -2.27. The molecule has 1 fully saturated rings. The Morgan fingerprint density at radius 1 is 1.13 bits per heavy atom. The van der Waals surface area contributed by atoms with Crippen molar-refractivity contribution in [2.24, 2.45) is 5.92 Å². The highest BCUT2D eigenvalue weighted by molar-refractivity contribution is 5.82. The first-order valence-corrected chi connectivity index (χ1v) is 9.25. The zero-order valence-electron chi connectivity index (χ0n) is 16.0. The summed E-state index contributed by atoms with van der Waals surface area (Å²) in [5.41, 5.74) is 0.663. The summed E-state index contributed by atoms with van der Waals surface area (Å²) in [7, 11) is 1.34. The van der Waals surface area contributed by atoms with Crippen LogP contribution < -0.4 is 14.8 Å². The summed E-state index contributed by atoms with van der Waals surface area (Å²) in [5.74, 6) is -0.464. The van der Waals surface area contributed by atoms with Gasteiger partial charge < -0.3 is 14.8 Å². The molecule has 9 heteroatoms. The molecule has 2 unspecified atom stereocenters. The molecule has 1 amide bonds. The van der Waals surface area contributed by atoms with E-state index in [1.165, 1.54) is 31.4 Å². The molecule has 1 N–H and O–H groups in total. The van der Waals surface area contributed by atoms with Gasteiger partial charge in [0.05, 0.1) is 12.7 Å². The van der Waals surface area contributed by atoms with Gasteiger partial charge in [-0.15, -0.1) is 0 Å². The molecule has 0 saturated heterocycles. The number of alkyl halides is 5. The molecule has 162 valence electrons. The second-order valence-electron chi connectivity index (χ2n) is 6.97. The number of amides is 1. The van der Waals surface area contributed by atoms with Crippen molar-refractivity contribution in [3.63, 3.8) is 0 Å². The molecule has 1 aliphatic carbocycles. The zero-order valence-corrected chi connectivity index (χ0v) is 16.0. The molecule has 0 bridgehead atoms. The first kappa shape index (κ1) is 21.9. The maximum absolute atomic E-state index is 12.6. The molecule has 3 rings (SSSR count). The van der Waals surface area contributed by atoms with Crippen LogP contribution in [-0.2, 0) is 17.4 Å². The minimum atomic E-state index is -4.39. The Kier molecular flexibility index (Phi) is 6.48. The Bertz CT molecular complexity index is 883. The molecule has 0 spiro atoms. The van der Waals surface area contributed by atoms with Crippen LogP contribution in [0.3, 0.4) is 0 Å². The van der Waals surface area contributed by atoms with Crippen LogP contribution in [0.5, 0.6) is 11.5 Å². The van der Waals surface area contributed by atoms with E-state index in [2.05, 4.69) is 10.1 Å². The highest BCUT2D eigenvalue weighted by Gasteiger charge is 2.44. The summed E-state index contributed by atoms with van der Waals surface area (Å²) in [5, 5.41) is 2.78. The number of benzene rings is 2. The highest BCUT2D eigenvalue weighted by Crippen LogP contribution is 2.48. The van der Waals surface area contributed by atoms with Crippen LogP contribution in [0.1, 0.15) is 29.0 Å². The van der Waals surface area contributed by atoms with Crippen molar-refractivity contribution in [3.8, 4) is 11.5 Å². The molecule has 2 aromatic rings. The van der Waals surface area contributed by atoms with Crippen molar-refractivity contribution < 1.29 is 36.2 Å². The third-order valence-electron chi connectivity index (χ3n) is 4.95. The number of carbonyl (C=O) groups is 1. The van der Waals surface area contributed by atoms with Gasteiger partial charge in [-0.2, -0.15) is 22.0 Å². The number of methoxy groups -OCH3 is 1. The number of hydrogen-bond donors (Lipinski definition) is 1. The monoisotopic (exact) mass is 429 g/mol. The smallest absolute Gasteiger partial charge is 0.416 e. The van der Waals surface area contributed by atoms with Gasteiger partial charge in [0.1, 0.15) is 0 Å². The minimum Gasteiger partial charge on any atom is -0.493 e. The van der Waals surface area contributed by atoms with E-state index in [1.807, 2.05) is 0 Å². The number of nitrogens with one attached hydrogen (secondary N) is 1. The molecular formula is C21H20F5NO3. The summed E-state index contributed by atoms with van der Waals surface area (Å²) in [6, 6.07) is 9.48. The van der Waals surface area contributed by atoms with Crippen molar-refractivity contribution in [1.29, 1.82) is 0 Å². The fraction of sp³-hybridized carbons (Fsp3) is 0.381. The molecule has 1 saturated carbocycles. The molecule has 4 nitrogen and oxygen atoms in total. The number of halogens is 5. The number of rotatable bonds is 8. The molecule has 2 aromatic carbocycles. The standard InChI is InChI=1S/C21H20F5NO3/c1-29-17-7-2-12(10-18(17)30-20(22)23)8-9-27-19(28)16-11-15(16)13-3-5-14(6-4-13)21(24,25)26/h2-7,10,15-16,20H,8-9,11H2,1H3,(H,27,28). The van der Waals surface area contributed by atoms with Gasteiger partial charge in [-0.3, -0.25) is 4.79 Å². The Labute approximate surface area is 170 Å². The second kappa shape index (κ2) is 8.89. The first-order chi connectivity index (χ1) is 14.2. The molecule has 30 heavy (non-hydrogen) atoms. The molecule has 0 aromatic heterocycles. The van der Waals surface area contributed by atoms with Gasteiger partial charge in [-0.25, -0.2) is 0 Å². The van der Waals surface area contributed by atoms with Crippen LogP contribution in [0.2, 0.25) is 0 Å². The second-order valence-corrected chi connectivity index (χ2v) is 6.97. The van der Waals surface area contributed by atoms with E-state index < -0.39 is 18.4 Å². The van der Waals surface area contributed by atoms with E-state index in [1.54, 1.807) is 6.07 Å². The van der Waals surface area contributed by atoms with Crippen molar-refractivity contribution in [1.82, 2.24) is 5.32 Å². The average Bonchev–Trinajstić information content (AvgIpc) is 3.48. The van der Waals surface area contributed by atoms with Crippen LogP contribution in [0.4, 0.5) is 22.0 Å². The van der Waals surface area contributed by atoms with E-state index >= 15 is 0 Å². The summed E-state index contributed by atoms with van der Waals surface area (Å²) in [4.78, 5) is 12.3. The fourth-order valence-corrected chi connectivity index (χ4v) is 3.30. The fourth-order valence-electron chi connectivity index (χ4n) is 3.30. The van der Waals surface area contributed by atoms with Gasteiger partial charge in [-0.1, -0.05) is 18.2 Å². The Morgan fingerprint density at radius 3 is 2.43 bits per heavy atom. The molecule has 0 heterocycles. The maximum atomic E-state index is 12.6. The van der Waals surface area contributed by atoms with Gasteiger partial charge in [0.25, 0.3) is 0 Å². The van der Waals surface area contributed by atoms with E-state index in [0.29, 0.717) is 24.0 Å². The van der Waals surface area contributed by atoms with Crippen LogP contribution in [-0.4, -0.2) is 26.2 Å². The average molecular weight is 429 g/mol. The van der Waals surface area contributed by atoms with E-state index in [9.17, 15) is 26.7 Å². The first-order valence-electron chi connectivity index (χ1n) is 9.25. The molecular weight excluding hydrogens is 409 g/mol. The lowest BCUT2D eigenvalue weighted by molar-refractivity contribution is -0.137. The lowest BCUT2D eigenvalue weighted by atomic mass is 10.1. The summed E-state index contributed by atoms with van der Waals surface area (Å²) < 4.78 is 72.3. The Balaban J connectivity index is 1.50. The third-order valence-corrected chi connectivity index (χ3v) is 4.95. The van der Waals surface area contributed by atoms with E-state index in [-0.39, 0.29) is 35.8 Å². The Morgan fingerprint density at radius 2 is 1.83 bits per heavy atom. The molecule has 2 atom stereocenters. The van der Waals surface area contributed by atoms with Crippen molar-refractivity contribution >= 4 is 5.91 Å². The summed E-state index contributed by atoms with van der Waals surface area (Å²) in [6.45, 7) is -2.69. The number of carbonyl (C=O) groups excluding carboxylic acids is 1. The predicted octanol–water partition coefficient (Wildman–Crippen LogP) is 4.78. The van der Waals surface area contributed by atoms with Gasteiger partial charge >= 0.3 is 12.8 Å². The maximum Gasteiger partial charge on any atom is 0.416 e.